The number of anilines is 2. The number of aryl methyl sites for hydroxylation is 1. The van der Waals surface area contributed by atoms with Crippen LogP contribution in [0.2, 0.25) is 0 Å². The van der Waals surface area contributed by atoms with Crippen LogP contribution in [-0.2, 0) is 11.2 Å². The quantitative estimate of drug-likeness (QED) is 0.616. The Hall–Kier alpha value is -4.08. The lowest BCUT2D eigenvalue weighted by molar-refractivity contribution is -0.122. The monoisotopic (exact) mass is 451 g/mol. The molecule has 0 spiro atoms. The number of aromatic nitrogens is 2. The van der Waals surface area contributed by atoms with Crippen LogP contribution < -0.4 is 15.5 Å². The minimum atomic E-state index is -0.846. The molecule has 2 aromatic carbocycles. The van der Waals surface area contributed by atoms with Crippen molar-refractivity contribution in [2.24, 2.45) is 5.73 Å². The van der Waals surface area contributed by atoms with Gasteiger partial charge in [-0.15, -0.1) is 0 Å². The van der Waals surface area contributed by atoms with Crippen molar-refractivity contribution in [3.63, 3.8) is 0 Å². The molecule has 0 aliphatic carbocycles. The summed E-state index contributed by atoms with van der Waals surface area (Å²) in [6, 6.07) is 8.09. The van der Waals surface area contributed by atoms with E-state index >= 15 is 0 Å². The van der Waals surface area contributed by atoms with E-state index in [9.17, 15) is 23.2 Å². The first-order valence-electron chi connectivity index (χ1n) is 10.4. The zero-order valence-corrected chi connectivity index (χ0v) is 17.6. The Labute approximate surface area is 187 Å². The fourth-order valence-electron chi connectivity index (χ4n) is 4.33. The summed E-state index contributed by atoms with van der Waals surface area (Å²) < 4.78 is 28.8. The molecular formula is C23H19F2N5O3. The molecule has 1 fully saturated rings. The highest BCUT2D eigenvalue weighted by Gasteiger charge is 2.35. The summed E-state index contributed by atoms with van der Waals surface area (Å²) in [4.78, 5) is 40.5. The zero-order valence-electron chi connectivity index (χ0n) is 17.6. The largest absolute Gasteiger partial charge is 0.364 e. The molecule has 2 aliphatic heterocycles. The number of carbonyl (C=O) groups is 3. The SMILES string of the molecule is Cc1cc(N2CCc3c(C(N)=O)nn(-c4cc(F)cc(F)c4)c3C2=O)ccc1N1CCC1=O. The number of benzene rings is 2. The summed E-state index contributed by atoms with van der Waals surface area (Å²) in [5.74, 6) is -2.95. The Morgan fingerprint density at radius 2 is 1.67 bits per heavy atom. The average molecular weight is 451 g/mol. The van der Waals surface area contributed by atoms with Crippen molar-refractivity contribution in [1.29, 1.82) is 0 Å². The van der Waals surface area contributed by atoms with Crippen LogP contribution in [-0.4, -0.2) is 40.6 Å². The second kappa shape index (κ2) is 7.51. The molecule has 5 rings (SSSR count). The highest BCUT2D eigenvalue weighted by Crippen LogP contribution is 2.33. The lowest BCUT2D eigenvalue weighted by Crippen LogP contribution is -2.44. The Morgan fingerprint density at radius 1 is 0.970 bits per heavy atom. The Morgan fingerprint density at radius 3 is 2.24 bits per heavy atom. The second-order valence-corrected chi connectivity index (χ2v) is 8.05. The number of amides is 3. The van der Waals surface area contributed by atoms with Gasteiger partial charge >= 0.3 is 0 Å². The summed E-state index contributed by atoms with van der Waals surface area (Å²) in [5, 5.41) is 4.12. The number of fused-ring (bicyclic) bond motifs is 1. The van der Waals surface area contributed by atoms with Crippen molar-refractivity contribution in [2.75, 3.05) is 22.9 Å². The molecule has 3 amide bonds. The van der Waals surface area contributed by atoms with Crippen molar-refractivity contribution in [3.05, 3.63) is 70.5 Å². The summed E-state index contributed by atoms with van der Waals surface area (Å²) in [6.07, 6.45) is 0.796. The van der Waals surface area contributed by atoms with Crippen molar-refractivity contribution < 1.29 is 23.2 Å². The highest BCUT2D eigenvalue weighted by molar-refractivity contribution is 6.10. The Kier molecular flexibility index (Phi) is 4.73. The molecule has 3 aromatic rings. The molecule has 0 radical (unpaired) electrons. The van der Waals surface area contributed by atoms with Crippen molar-refractivity contribution in [2.45, 2.75) is 19.8 Å². The van der Waals surface area contributed by atoms with E-state index < -0.39 is 23.4 Å². The molecule has 0 atom stereocenters. The van der Waals surface area contributed by atoms with E-state index in [2.05, 4.69) is 5.10 Å². The molecule has 0 bridgehead atoms. The van der Waals surface area contributed by atoms with Gasteiger partial charge in [0, 0.05) is 42.5 Å². The van der Waals surface area contributed by atoms with Crippen LogP contribution in [0.5, 0.6) is 0 Å². The smallest absolute Gasteiger partial charge is 0.277 e. The second-order valence-electron chi connectivity index (χ2n) is 8.05. The summed E-state index contributed by atoms with van der Waals surface area (Å²) in [5.41, 5.74) is 7.90. The normalized spacial score (nSPS) is 15.5. The third-order valence-corrected chi connectivity index (χ3v) is 5.98. The lowest BCUT2D eigenvalue weighted by atomic mass is 10.0. The number of β-lactam (4-membered cyclic amide) rings is 1. The summed E-state index contributed by atoms with van der Waals surface area (Å²) in [6.45, 7) is 2.77. The fraction of sp³-hybridized carbons (Fsp3) is 0.217. The van der Waals surface area contributed by atoms with Crippen molar-refractivity contribution in [1.82, 2.24) is 9.78 Å². The van der Waals surface area contributed by atoms with Gasteiger partial charge in [-0.25, -0.2) is 13.5 Å². The number of rotatable bonds is 4. The Balaban J connectivity index is 1.58. The number of halogens is 2. The van der Waals surface area contributed by atoms with Gasteiger partial charge in [-0.2, -0.15) is 5.10 Å². The maximum atomic E-state index is 13.9. The number of hydrogen-bond donors (Lipinski definition) is 1. The van der Waals surface area contributed by atoms with Gasteiger partial charge in [-0.1, -0.05) is 0 Å². The molecule has 168 valence electrons. The Bertz CT molecular complexity index is 1330. The van der Waals surface area contributed by atoms with Gasteiger partial charge in [-0.05, 0) is 49.2 Å². The van der Waals surface area contributed by atoms with Gasteiger partial charge in [0.2, 0.25) is 5.91 Å². The van der Waals surface area contributed by atoms with E-state index in [4.69, 9.17) is 5.73 Å². The van der Waals surface area contributed by atoms with Gasteiger partial charge < -0.3 is 15.5 Å². The van der Waals surface area contributed by atoms with Crippen LogP contribution in [0.3, 0.4) is 0 Å². The van der Waals surface area contributed by atoms with Crippen LogP contribution in [0.4, 0.5) is 20.2 Å². The first kappa shape index (κ1) is 20.8. The number of primary amides is 1. The van der Waals surface area contributed by atoms with Gasteiger partial charge in [-0.3, -0.25) is 14.4 Å². The van der Waals surface area contributed by atoms with E-state index in [1.54, 1.807) is 23.1 Å². The highest BCUT2D eigenvalue weighted by atomic mass is 19.1. The van der Waals surface area contributed by atoms with Crippen LogP contribution in [0.25, 0.3) is 5.69 Å². The topological polar surface area (TPSA) is 102 Å². The lowest BCUT2D eigenvalue weighted by Gasteiger charge is -2.33. The number of nitrogens with two attached hydrogens (primary N) is 1. The van der Waals surface area contributed by atoms with E-state index in [-0.39, 0.29) is 35.9 Å². The minimum absolute atomic E-state index is 0.0275. The van der Waals surface area contributed by atoms with E-state index in [1.165, 1.54) is 4.90 Å². The third-order valence-electron chi connectivity index (χ3n) is 5.98. The fourth-order valence-corrected chi connectivity index (χ4v) is 4.33. The number of hydrogen-bond acceptors (Lipinski definition) is 4. The van der Waals surface area contributed by atoms with E-state index in [1.807, 2.05) is 6.92 Å². The molecule has 2 aliphatic rings. The first-order valence-corrected chi connectivity index (χ1v) is 10.4. The van der Waals surface area contributed by atoms with E-state index in [0.717, 1.165) is 28.1 Å². The molecule has 2 N–H and O–H groups in total. The maximum absolute atomic E-state index is 13.9. The summed E-state index contributed by atoms with van der Waals surface area (Å²) in [7, 11) is 0. The van der Waals surface area contributed by atoms with Crippen LogP contribution in [0.15, 0.2) is 36.4 Å². The van der Waals surface area contributed by atoms with Crippen molar-refractivity contribution >= 4 is 29.1 Å². The van der Waals surface area contributed by atoms with Crippen LogP contribution >= 0.6 is 0 Å². The predicted octanol–water partition coefficient (Wildman–Crippen LogP) is 2.50. The number of nitrogens with zero attached hydrogens (tertiary/aromatic N) is 4. The first-order chi connectivity index (χ1) is 15.7. The standard InChI is InChI=1S/C23H19F2N5O3/c1-12-8-15(2-3-18(12)29-7-5-19(29)31)28-6-4-17-20(22(26)32)27-30(21(17)23(28)33)16-10-13(24)9-14(25)11-16/h2-3,8-11H,4-7H2,1H3,(H2,26,32). The molecule has 0 saturated carbocycles. The van der Waals surface area contributed by atoms with Gasteiger partial charge in [0.05, 0.1) is 5.69 Å². The van der Waals surface area contributed by atoms with Crippen LogP contribution in [0.1, 0.15) is 38.5 Å². The van der Waals surface area contributed by atoms with Crippen LogP contribution in [0, 0.1) is 18.6 Å². The molecule has 0 unspecified atom stereocenters. The molecule has 8 nitrogen and oxygen atoms in total. The number of carbonyl (C=O) groups excluding carboxylic acids is 3. The molecule has 1 aromatic heterocycles. The minimum Gasteiger partial charge on any atom is -0.364 e. The third kappa shape index (κ3) is 3.34. The molecular weight excluding hydrogens is 432 g/mol. The van der Waals surface area contributed by atoms with Gasteiger partial charge in [0.25, 0.3) is 11.8 Å². The average Bonchev–Trinajstić information content (AvgIpc) is 3.15. The van der Waals surface area contributed by atoms with Gasteiger partial charge in [0.1, 0.15) is 17.3 Å². The van der Waals surface area contributed by atoms with Gasteiger partial charge in [0.15, 0.2) is 5.69 Å². The summed E-state index contributed by atoms with van der Waals surface area (Å²) >= 11 is 0. The molecule has 10 heteroatoms. The maximum Gasteiger partial charge on any atom is 0.277 e. The molecule has 33 heavy (non-hydrogen) atoms. The molecule has 3 heterocycles. The van der Waals surface area contributed by atoms with Crippen molar-refractivity contribution in [3.8, 4) is 5.69 Å². The zero-order chi connectivity index (χ0) is 23.4. The molecule has 1 saturated heterocycles. The predicted molar refractivity (Wildman–Crippen MR) is 116 cm³/mol. The van der Waals surface area contributed by atoms with E-state index in [0.29, 0.717) is 30.3 Å².